The summed E-state index contributed by atoms with van der Waals surface area (Å²) in [5.41, 5.74) is 3.49. The second kappa shape index (κ2) is 11.8. The number of rotatable bonds is 6. The summed E-state index contributed by atoms with van der Waals surface area (Å²) < 4.78 is 12.3. The highest BCUT2D eigenvalue weighted by Crippen LogP contribution is 2.49. The Kier molecular flexibility index (Phi) is 8.10. The van der Waals surface area contributed by atoms with Crippen LogP contribution in [0.1, 0.15) is 72.9 Å². The summed E-state index contributed by atoms with van der Waals surface area (Å²) in [6, 6.07) is 20.9. The van der Waals surface area contributed by atoms with Gasteiger partial charge in [0.1, 0.15) is 11.3 Å². The molecule has 2 fully saturated rings. The Balaban J connectivity index is 1.34. The molecule has 0 spiro atoms. The second-order valence-corrected chi connectivity index (χ2v) is 12.7. The minimum Gasteiger partial charge on any atom is -0.480 e. The van der Waals surface area contributed by atoms with Crippen molar-refractivity contribution in [1.29, 1.82) is 0 Å². The molecule has 4 atom stereocenters. The molecule has 2 heterocycles. The highest BCUT2D eigenvalue weighted by molar-refractivity contribution is 6.30. The summed E-state index contributed by atoms with van der Waals surface area (Å²) in [6.07, 6.45) is 3.80. The van der Waals surface area contributed by atoms with E-state index in [1.165, 1.54) is 0 Å². The zero-order valence-corrected chi connectivity index (χ0v) is 25.7. The van der Waals surface area contributed by atoms with Crippen molar-refractivity contribution in [2.24, 2.45) is 5.92 Å². The number of benzene rings is 3. The van der Waals surface area contributed by atoms with Gasteiger partial charge in [0.05, 0.1) is 17.0 Å². The number of aryl methyl sites for hydroxylation is 2. The Morgan fingerprint density at radius 2 is 1.84 bits per heavy atom. The molecule has 3 aromatic carbocycles. The van der Waals surface area contributed by atoms with Gasteiger partial charge >= 0.3 is 5.63 Å². The van der Waals surface area contributed by atoms with Crippen LogP contribution in [0, 0.1) is 19.8 Å². The number of nitrogens with zero attached hydrogens (tertiary/aromatic N) is 1. The Labute approximate surface area is 257 Å². The van der Waals surface area contributed by atoms with Crippen LogP contribution in [-0.4, -0.2) is 34.2 Å². The highest BCUT2D eigenvalue weighted by atomic mass is 35.5. The maximum atomic E-state index is 14.2. The predicted octanol–water partition coefficient (Wildman–Crippen LogP) is 7.32. The van der Waals surface area contributed by atoms with E-state index in [-0.39, 0.29) is 23.5 Å². The van der Waals surface area contributed by atoms with Crippen LogP contribution < -0.4 is 10.4 Å². The first-order valence-electron chi connectivity index (χ1n) is 15.2. The molecule has 4 aromatic rings. The van der Waals surface area contributed by atoms with Crippen LogP contribution in [0.5, 0.6) is 5.75 Å². The fraction of sp³-hybridized carbons (Fsp3) is 0.389. The summed E-state index contributed by atoms with van der Waals surface area (Å²) in [7, 11) is 0. The van der Waals surface area contributed by atoms with Gasteiger partial charge in [-0.2, -0.15) is 0 Å². The lowest BCUT2D eigenvalue weighted by Gasteiger charge is -2.53. The smallest absolute Gasteiger partial charge is 0.340 e. The number of hydrogen-bond acceptors (Lipinski definition) is 5. The minimum absolute atomic E-state index is 0.0656. The Morgan fingerprint density at radius 3 is 2.58 bits per heavy atom. The molecular formula is C36H38ClNO5. The molecule has 1 N–H and O–H groups in total. The van der Waals surface area contributed by atoms with E-state index in [1.54, 1.807) is 6.92 Å². The van der Waals surface area contributed by atoms with Crippen molar-refractivity contribution in [3.8, 4) is 5.75 Å². The summed E-state index contributed by atoms with van der Waals surface area (Å²) >= 11 is 6.22. The van der Waals surface area contributed by atoms with Crippen LogP contribution in [-0.2, 0) is 11.2 Å². The third-order valence-corrected chi connectivity index (χ3v) is 9.68. The second-order valence-electron chi connectivity index (χ2n) is 12.3. The first-order valence-corrected chi connectivity index (χ1v) is 15.6. The molecule has 224 valence electrons. The summed E-state index contributed by atoms with van der Waals surface area (Å²) in [5.74, 6) is 0.312. The topological polar surface area (TPSA) is 80.0 Å². The number of hydrogen-bond donors (Lipinski definition) is 1. The molecule has 6 nitrogen and oxygen atoms in total. The van der Waals surface area contributed by atoms with E-state index in [4.69, 9.17) is 20.8 Å². The number of amides is 1. The average molecular weight is 600 g/mol. The van der Waals surface area contributed by atoms with Crippen molar-refractivity contribution in [1.82, 2.24) is 4.90 Å². The van der Waals surface area contributed by atoms with Crippen molar-refractivity contribution in [2.75, 3.05) is 6.54 Å². The molecule has 1 aliphatic carbocycles. The van der Waals surface area contributed by atoms with Crippen LogP contribution in [0.4, 0.5) is 0 Å². The third-order valence-electron chi connectivity index (χ3n) is 9.42. The van der Waals surface area contributed by atoms with Crippen LogP contribution in [0.25, 0.3) is 11.0 Å². The molecule has 1 saturated carbocycles. The molecule has 43 heavy (non-hydrogen) atoms. The number of likely N-dealkylation sites (tertiary alicyclic amines) is 1. The van der Waals surface area contributed by atoms with Gasteiger partial charge in [0.15, 0.2) is 6.10 Å². The molecule has 1 saturated heterocycles. The van der Waals surface area contributed by atoms with Crippen LogP contribution in [0.3, 0.4) is 0 Å². The molecule has 7 heteroatoms. The zero-order valence-electron chi connectivity index (χ0n) is 24.9. The van der Waals surface area contributed by atoms with Gasteiger partial charge in [-0.3, -0.25) is 4.79 Å². The van der Waals surface area contributed by atoms with Gasteiger partial charge in [-0.1, -0.05) is 66.9 Å². The largest absolute Gasteiger partial charge is 0.480 e. The minimum atomic E-state index is -0.807. The Bertz CT molecular complexity index is 1700. The molecule has 6 rings (SSSR count). The predicted molar refractivity (Wildman–Crippen MR) is 169 cm³/mol. The van der Waals surface area contributed by atoms with Crippen molar-refractivity contribution < 1.29 is 19.1 Å². The van der Waals surface area contributed by atoms with E-state index in [2.05, 4.69) is 0 Å². The average Bonchev–Trinajstić information content (AvgIpc) is 2.98. The summed E-state index contributed by atoms with van der Waals surface area (Å²) in [5, 5.41) is 13.0. The van der Waals surface area contributed by atoms with Crippen molar-refractivity contribution >= 4 is 28.5 Å². The van der Waals surface area contributed by atoms with E-state index >= 15 is 0 Å². The summed E-state index contributed by atoms with van der Waals surface area (Å²) in [6.45, 7) is 6.04. The number of carbonyl (C=O) groups excluding carboxylic acids is 1. The van der Waals surface area contributed by atoms with Gasteiger partial charge in [0.25, 0.3) is 5.91 Å². The standard InChI is InChI=1S/C36H38ClNO5/c1-22-19-30(32-23(2)28(35(40)43-31(32)20-22)21-25-9-5-4-6-10-25)42-24(3)34(39)38-18-17-36(41)16-8-7-11-29(36)33(38)26-12-14-27(37)15-13-26/h4-6,9-10,12-15,19-20,24,29,33,41H,7-8,11,16-18,21H2,1-3H3/t24-,29-,33-,36-/m0/s1. The Hall–Kier alpha value is -3.61. The fourth-order valence-corrected chi connectivity index (χ4v) is 7.34. The molecule has 0 radical (unpaired) electrons. The molecule has 1 amide bonds. The first-order chi connectivity index (χ1) is 20.6. The van der Waals surface area contributed by atoms with E-state index in [0.717, 1.165) is 47.9 Å². The number of aliphatic hydroxyl groups is 1. The monoisotopic (exact) mass is 599 g/mol. The number of ether oxygens (including phenoxy) is 1. The van der Waals surface area contributed by atoms with Crippen molar-refractivity contribution in [3.63, 3.8) is 0 Å². The Morgan fingerprint density at radius 1 is 1.09 bits per heavy atom. The van der Waals surface area contributed by atoms with E-state index < -0.39 is 11.7 Å². The van der Waals surface area contributed by atoms with Gasteiger partial charge < -0.3 is 19.2 Å². The van der Waals surface area contributed by atoms with Crippen LogP contribution in [0.2, 0.25) is 5.02 Å². The quantitative estimate of drug-likeness (QED) is 0.235. The number of carbonyl (C=O) groups is 1. The lowest BCUT2D eigenvalue weighted by molar-refractivity contribution is -0.161. The number of fused-ring (bicyclic) bond motifs is 2. The van der Waals surface area contributed by atoms with Crippen LogP contribution in [0.15, 0.2) is 75.9 Å². The van der Waals surface area contributed by atoms with Gasteiger partial charge in [0.2, 0.25) is 0 Å². The zero-order chi connectivity index (χ0) is 30.3. The van der Waals surface area contributed by atoms with Gasteiger partial charge in [-0.05, 0) is 86.6 Å². The molecule has 1 aliphatic heterocycles. The molecule has 0 bridgehead atoms. The fourth-order valence-electron chi connectivity index (χ4n) is 7.21. The highest BCUT2D eigenvalue weighted by Gasteiger charge is 2.50. The molecule has 1 aromatic heterocycles. The van der Waals surface area contributed by atoms with Gasteiger partial charge in [0, 0.05) is 29.5 Å². The number of piperidine rings is 1. The van der Waals surface area contributed by atoms with Crippen molar-refractivity contribution in [3.05, 3.63) is 110 Å². The lowest BCUT2D eigenvalue weighted by atomic mass is 9.66. The molecular weight excluding hydrogens is 562 g/mol. The normalized spacial score (nSPS) is 22.7. The van der Waals surface area contributed by atoms with Gasteiger partial charge in [-0.15, -0.1) is 0 Å². The summed E-state index contributed by atoms with van der Waals surface area (Å²) in [4.78, 5) is 29.2. The first kappa shape index (κ1) is 29.5. The maximum absolute atomic E-state index is 14.2. The van der Waals surface area contributed by atoms with Crippen molar-refractivity contribution in [2.45, 2.75) is 77.0 Å². The SMILES string of the molecule is Cc1cc(O[C@@H](C)C(=O)N2CC[C@@]3(O)CCCC[C@H]3[C@@H]2c2ccc(Cl)cc2)c2c(C)c(Cc3ccccc3)c(=O)oc2c1. The molecule has 2 aliphatic rings. The van der Waals surface area contributed by atoms with Gasteiger partial charge in [-0.25, -0.2) is 4.79 Å². The van der Waals surface area contributed by atoms with E-state index in [0.29, 0.717) is 46.7 Å². The third kappa shape index (κ3) is 5.71. The van der Waals surface area contributed by atoms with Crippen LogP contribution >= 0.6 is 11.6 Å². The number of halogens is 1. The van der Waals surface area contributed by atoms with E-state index in [1.807, 2.05) is 85.5 Å². The molecule has 0 unspecified atom stereocenters. The maximum Gasteiger partial charge on any atom is 0.340 e. The lowest BCUT2D eigenvalue weighted by Crippen LogP contribution is -2.58. The van der Waals surface area contributed by atoms with E-state index in [9.17, 15) is 14.7 Å².